The van der Waals surface area contributed by atoms with E-state index in [4.69, 9.17) is 21.3 Å². The van der Waals surface area contributed by atoms with Gasteiger partial charge in [0.05, 0.1) is 11.0 Å². The van der Waals surface area contributed by atoms with Crippen LogP contribution in [-0.2, 0) is 13.2 Å². The maximum atomic E-state index is 6.06. The number of ether oxygens (including phenoxy) is 1. The Morgan fingerprint density at radius 3 is 2.58 bits per heavy atom. The molecule has 1 aromatic heterocycles. The van der Waals surface area contributed by atoms with Crippen LogP contribution in [0.4, 0.5) is 0 Å². The van der Waals surface area contributed by atoms with Gasteiger partial charge in [0.15, 0.2) is 0 Å². The predicted octanol–water partition coefficient (Wildman–Crippen LogP) is 6.48. The first kappa shape index (κ1) is 22.2. The van der Waals surface area contributed by atoms with Crippen molar-refractivity contribution in [3.05, 3.63) is 58.9 Å². The van der Waals surface area contributed by atoms with E-state index in [2.05, 4.69) is 41.5 Å². The van der Waals surface area contributed by atoms with Gasteiger partial charge in [-0.25, -0.2) is 4.98 Å². The van der Waals surface area contributed by atoms with Crippen LogP contribution < -0.4 is 4.74 Å². The van der Waals surface area contributed by atoms with Crippen LogP contribution in [0, 0.1) is 12.8 Å². The molecule has 1 atom stereocenters. The van der Waals surface area contributed by atoms with E-state index in [0.29, 0.717) is 12.5 Å². The molecular formula is C26H34ClN3O. The number of likely N-dealkylation sites (tertiary alicyclic amines) is 1. The number of hydrogen-bond acceptors (Lipinski definition) is 3. The molecule has 166 valence electrons. The Balaban J connectivity index is 1.49. The van der Waals surface area contributed by atoms with Crippen molar-refractivity contribution < 1.29 is 4.74 Å². The van der Waals surface area contributed by atoms with E-state index < -0.39 is 0 Å². The Morgan fingerprint density at radius 2 is 1.84 bits per heavy atom. The zero-order valence-electron chi connectivity index (χ0n) is 18.8. The highest BCUT2D eigenvalue weighted by atomic mass is 35.5. The predicted molar refractivity (Wildman–Crippen MR) is 129 cm³/mol. The molecule has 1 unspecified atom stereocenters. The third-order valence-corrected chi connectivity index (χ3v) is 6.80. The first-order valence-corrected chi connectivity index (χ1v) is 12.1. The van der Waals surface area contributed by atoms with Gasteiger partial charge in [0, 0.05) is 18.1 Å². The summed E-state index contributed by atoms with van der Waals surface area (Å²) < 4.78 is 8.43. The topological polar surface area (TPSA) is 30.3 Å². The molecule has 2 heterocycles. The monoisotopic (exact) mass is 439 g/mol. The van der Waals surface area contributed by atoms with Gasteiger partial charge < -0.3 is 14.2 Å². The zero-order valence-corrected chi connectivity index (χ0v) is 19.6. The van der Waals surface area contributed by atoms with Crippen LogP contribution in [0.5, 0.6) is 5.75 Å². The van der Waals surface area contributed by atoms with Gasteiger partial charge in [-0.1, -0.05) is 43.5 Å². The minimum atomic E-state index is 0.457. The summed E-state index contributed by atoms with van der Waals surface area (Å²) in [6.45, 7) is 9.65. The van der Waals surface area contributed by atoms with Crippen molar-refractivity contribution in [2.75, 3.05) is 19.6 Å². The van der Waals surface area contributed by atoms with Gasteiger partial charge in [-0.05, 0) is 81.1 Å². The quantitative estimate of drug-likeness (QED) is 0.382. The molecule has 31 heavy (non-hydrogen) atoms. The van der Waals surface area contributed by atoms with E-state index in [9.17, 15) is 0 Å². The summed E-state index contributed by atoms with van der Waals surface area (Å²) in [7, 11) is 0. The number of aromatic nitrogens is 2. The zero-order chi connectivity index (χ0) is 21.6. The summed E-state index contributed by atoms with van der Waals surface area (Å²) in [5.41, 5.74) is 3.51. The Bertz CT molecular complexity index is 976. The summed E-state index contributed by atoms with van der Waals surface area (Å²) in [6, 6.07) is 14.0. The van der Waals surface area contributed by atoms with Crippen molar-refractivity contribution in [2.24, 2.45) is 5.92 Å². The lowest BCUT2D eigenvalue weighted by molar-refractivity contribution is 0.185. The number of rotatable bonds is 9. The average molecular weight is 440 g/mol. The third kappa shape index (κ3) is 5.61. The first-order valence-electron chi connectivity index (χ1n) is 11.7. The van der Waals surface area contributed by atoms with Crippen LogP contribution in [0.3, 0.4) is 0 Å². The van der Waals surface area contributed by atoms with Crippen LogP contribution in [0.25, 0.3) is 11.0 Å². The second-order valence-corrected chi connectivity index (χ2v) is 9.23. The van der Waals surface area contributed by atoms with Crippen molar-refractivity contribution in [3.8, 4) is 5.75 Å². The standard InChI is InChI=1S/C26H34ClN3O/c1-3-21(18-29-15-5-4-6-16-29)14-17-30-24-9-7-8-20(2)26(24)28-25(30)19-31-23-12-10-22(27)11-13-23/h7-13,21H,3-6,14-19H2,1-2H3. The van der Waals surface area contributed by atoms with Crippen molar-refractivity contribution in [2.45, 2.75) is 59.1 Å². The lowest BCUT2D eigenvalue weighted by Crippen LogP contribution is -2.34. The smallest absolute Gasteiger partial charge is 0.148 e. The maximum Gasteiger partial charge on any atom is 0.148 e. The number of hydrogen-bond donors (Lipinski definition) is 0. The summed E-state index contributed by atoms with van der Waals surface area (Å²) in [5, 5.41) is 0.717. The molecule has 3 aromatic rings. The van der Waals surface area contributed by atoms with Gasteiger partial charge in [0.2, 0.25) is 0 Å². The van der Waals surface area contributed by atoms with Crippen LogP contribution in [-0.4, -0.2) is 34.1 Å². The van der Waals surface area contributed by atoms with Gasteiger partial charge in [0.1, 0.15) is 18.2 Å². The van der Waals surface area contributed by atoms with E-state index in [1.807, 2.05) is 24.3 Å². The molecule has 5 heteroatoms. The Labute approximate surface area is 191 Å². The molecule has 1 aliphatic rings. The number of nitrogens with zero attached hydrogens (tertiary/aromatic N) is 3. The second kappa shape index (κ2) is 10.5. The molecule has 4 rings (SSSR count). The molecule has 0 bridgehead atoms. The molecule has 0 spiro atoms. The summed E-state index contributed by atoms with van der Waals surface area (Å²) in [5.74, 6) is 2.52. The van der Waals surface area contributed by atoms with Crippen molar-refractivity contribution >= 4 is 22.6 Å². The van der Waals surface area contributed by atoms with E-state index >= 15 is 0 Å². The van der Waals surface area contributed by atoms with Crippen LogP contribution in [0.15, 0.2) is 42.5 Å². The summed E-state index contributed by atoms with van der Waals surface area (Å²) >= 11 is 6.00. The fourth-order valence-electron chi connectivity index (χ4n) is 4.62. The van der Waals surface area contributed by atoms with Crippen molar-refractivity contribution in [3.63, 3.8) is 0 Å². The van der Waals surface area contributed by atoms with Gasteiger partial charge in [-0.2, -0.15) is 0 Å². The second-order valence-electron chi connectivity index (χ2n) is 8.79. The average Bonchev–Trinajstić information content (AvgIpc) is 3.16. The molecule has 4 nitrogen and oxygen atoms in total. The molecule has 1 saturated heterocycles. The Kier molecular flexibility index (Phi) is 7.52. The van der Waals surface area contributed by atoms with Gasteiger partial charge in [0.25, 0.3) is 0 Å². The number of para-hydroxylation sites is 1. The summed E-state index contributed by atoms with van der Waals surface area (Å²) in [4.78, 5) is 7.63. The van der Waals surface area contributed by atoms with Crippen LogP contribution >= 0.6 is 11.6 Å². The van der Waals surface area contributed by atoms with E-state index in [-0.39, 0.29) is 0 Å². The van der Waals surface area contributed by atoms with Crippen LogP contribution in [0.1, 0.15) is 50.4 Å². The highest BCUT2D eigenvalue weighted by molar-refractivity contribution is 6.30. The van der Waals surface area contributed by atoms with Gasteiger partial charge in [-0.3, -0.25) is 0 Å². The molecule has 0 N–H and O–H groups in total. The fourth-order valence-corrected chi connectivity index (χ4v) is 4.74. The molecule has 0 amide bonds. The SMILES string of the molecule is CCC(CCn1c(COc2ccc(Cl)cc2)nc2c(C)cccc21)CN1CCCCC1. The number of piperidine rings is 1. The fraction of sp³-hybridized carbons (Fsp3) is 0.500. The van der Waals surface area contributed by atoms with E-state index in [0.717, 1.165) is 28.7 Å². The minimum absolute atomic E-state index is 0.457. The highest BCUT2D eigenvalue weighted by Gasteiger charge is 2.18. The number of benzene rings is 2. The van der Waals surface area contributed by atoms with E-state index in [1.54, 1.807) is 0 Å². The normalized spacial score (nSPS) is 16.0. The molecule has 1 aliphatic heterocycles. The number of halogens is 1. The van der Waals surface area contributed by atoms with Gasteiger partial charge in [-0.15, -0.1) is 0 Å². The van der Waals surface area contributed by atoms with Gasteiger partial charge >= 0.3 is 0 Å². The summed E-state index contributed by atoms with van der Waals surface area (Å²) in [6.07, 6.45) is 6.49. The highest BCUT2D eigenvalue weighted by Crippen LogP contribution is 2.24. The Morgan fingerprint density at radius 1 is 1.06 bits per heavy atom. The van der Waals surface area contributed by atoms with E-state index in [1.165, 1.54) is 62.8 Å². The molecule has 2 aromatic carbocycles. The lowest BCUT2D eigenvalue weighted by Gasteiger charge is -2.30. The number of fused-ring (bicyclic) bond motifs is 1. The minimum Gasteiger partial charge on any atom is -0.486 e. The lowest BCUT2D eigenvalue weighted by atomic mass is 10.00. The molecule has 0 aliphatic carbocycles. The molecule has 0 saturated carbocycles. The number of aryl methyl sites for hydroxylation is 2. The largest absolute Gasteiger partial charge is 0.486 e. The van der Waals surface area contributed by atoms with Crippen LogP contribution in [0.2, 0.25) is 5.02 Å². The van der Waals surface area contributed by atoms with Crippen molar-refractivity contribution in [1.82, 2.24) is 14.5 Å². The first-order chi connectivity index (χ1) is 15.1. The Hall–Kier alpha value is -2.04. The molecular weight excluding hydrogens is 406 g/mol. The maximum absolute atomic E-state index is 6.06. The van der Waals surface area contributed by atoms with Crippen molar-refractivity contribution in [1.29, 1.82) is 0 Å². The molecule has 0 radical (unpaired) electrons. The molecule has 1 fully saturated rings. The third-order valence-electron chi connectivity index (χ3n) is 6.54. The number of imidazole rings is 1.